The number of hydrogen-bond acceptors (Lipinski definition) is 5. The van der Waals surface area contributed by atoms with Gasteiger partial charge in [-0.15, -0.1) is 5.10 Å². The van der Waals surface area contributed by atoms with Gasteiger partial charge in [-0.2, -0.15) is 9.50 Å². The first-order valence-electron chi connectivity index (χ1n) is 10.0. The third kappa shape index (κ3) is 2.77. The Morgan fingerprint density at radius 1 is 1.00 bits per heavy atom. The van der Waals surface area contributed by atoms with Gasteiger partial charge < -0.3 is 4.90 Å². The number of aryl methyl sites for hydroxylation is 1. The number of benzene rings is 2. The second kappa shape index (κ2) is 7.18. The molecule has 0 bridgehead atoms. The minimum absolute atomic E-state index is 0.120. The van der Waals surface area contributed by atoms with Crippen molar-refractivity contribution in [2.24, 2.45) is 0 Å². The summed E-state index contributed by atoms with van der Waals surface area (Å²) in [4.78, 5) is 33.3. The van der Waals surface area contributed by atoms with E-state index < -0.39 is 0 Å². The second-order valence-corrected chi connectivity index (χ2v) is 8.36. The summed E-state index contributed by atoms with van der Waals surface area (Å²) in [5.41, 5.74) is 3.78. The summed E-state index contributed by atoms with van der Waals surface area (Å²) in [7, 11) is 0. The van der Waals surface area contributed by atoms with Gasteiger partial charge in [0.1, 0.15) is 4.53 Å². The molecule has 0 spiro atoms. The van der Waals surface area contributed by atoms with Crippen molar-refractivity contribution < 1.29 is 4.79 Å². The van der Waals surface area contributed by atoms with Gasteiger partial charge in [0, 0.05) is 17.7 Å². The number of para-hydroxylation sites is 1. The Hall–Kier alpha value is -3.32. The lowest BCUT2D eigenvalue weighted by atomic mass is 10.1. The highest BCUT2D eigenvalue weighted by Crippen LogP contribution is 2.35. The number of amides is 1. The number of unbranched alkanes of at least 4 members (excludes halogenated alkanes) is 1. The van der Waals surface area contributed by atoms with Gasteiger partial charge in [0.25, 0.3) is 11.5 Å². The fourth-order valence-corrected chi connectivity index (χ4v) is 4.86. The molecule has 0 atom stereocenters. The van der Waals surface area contributed by atoms with Crippen LogP contribution in [0.1, 0.15) is 30.9 Å². The van der Waals surface area contributed by atoms with E-state index in [2.05, 4.69) is 17.0 Å². The average molecular weight is 417 g/mol. The Bertz CT molecular complexity index is 1400. The number of carbonyl (C=O) groups excluding carboxylic acids is 1. The quantitative estimate of drug-likeness (QED) is 0.512. The van der Waals surface area contributed by atoms with Crippen LogP contribution in [-0.4, -0.2) is 27.0 Å². The summed E-state index contributed by atoms with van der Waals surface area (Å²) < 4.78 is 1.72. The topological polar surface area (TPSA) is 67.6 Å². The third-order valence-corrected chi connectivity index (χ3v) is 6.46. The lowest BCUT2D eigenvalue weighted by Crippen LogP contribution is -2.33. The predicted octanol–water partition coefficient (Wildman–Crippen LogP) is 3.19. The number of carbonyl (C=O) groups is 1. The number of thiazole rings is 1. The standard InChI is InChI=1S/C23H20N4O2S/c1-3-4-13-26-17-12-8-7-11-16(17)18(21(26)28)19-22(29)27-23(30-19)24-20(25-27)15-10-6-5-9-14(15)2/h5-12H,3-4,13H2,1-2H3/b19-18+. The summed E-state index contributed by atoms with van der Waals surface area (Å²) >= 11 is 1.23. The molecule has 30 heavy (non-hydrogen) atoms. The maximum atomic E-state index is 13.3. The first kappa shape index (κ1) is 18.7. The van der Waals surface area contributed by atoms with Gasteiger partial charge in [-0.1, -0.05) is 67.1 Å². The van der Waals surface area contributed by atoms with Crippen molar-refractivity contribution in [3.63, 3.8) is 0 Å². The van der Waals surface area contributed by atoms with Gasteiger partial charge in [-0.05, 0) is 25.0 Å². The molecule has 0 unspecified atom stereocenters. The fraction of sp³-hybridized carbons (Fsp3) is 0.217. The number of nitrogens with zero attached hydrogens (tertiary/aromatic N) is 4. The van der Waals surface area contributed by atoms with Crippen molar-refractivity contribution in [1.82, 2.24) is 14.6 Å². The van der Waals surface area contributed by atoms with E-state index in [0.29, 0.717) is 27.4 Å². The van der Waals surface area contributed by atoms with Gasteiger partial charge >= 0.3 is 0 Å². The molecular weight excluding hydrogens is 396 g/mol. The lowest BCUT2D eigenvalue weighted by molar-refractivity contribution is -0.113. The Morgan fingerprint density at radius 2 is 1.73 bits per heavy atom. The minimum atomic E-state index is -0.294. The number of rotatable bonds is 4. The van der Waals surface area contributed by atoms with E-state index >= 15 is 0 Å². The molecular formula is C23H20N4O2S. The molecule has 2 aromatic heterocycles. The molecule has 7 heteroatoms. The average Bonchev–Trinajstić information content (AvgIpc) is 3.37. The van der Waals surface area contributed by atoms with Crippen molar-refractivity contribution in [3.8, 4) is 11.4 Å². The Kier molecular flexibility index (Phi) is 4.47. The van der Waals surface area contributed by atoms with Gasteiger partial charge in [0.15, 0.2) is 5.82 Å². The highest BCUT2D eigenvalue weighted by molar-refractivity contribution is 7.15. The second-order valence-electron chi connectivity index (χ2n) is 7.38. The maximum absolute atomic E-state index is 13.3. The molecule has 0 saturated carbocycles. The molecule has 2 aromatic carbocycles. The van der Waals surface area contributed by atoms with Gasteiger partial charge in [-0.25, -0.2) is 0 Å². The molecule has 0 fully saturated rings. The monoisotopic (exact) mass is 416 g/mol. The molecule has 1 aliphatic heterocycles. The van der Waals surface area contributed by atoms with Crippen LogP contribution in [0.2, 0.25) is 0 Å². The predicted molar refractivity (Wildman–Crippen MR) is 119 cm³/mol. The highest BCUT2D eigenvalue weighted by atomic mass is 32.1. The van der Waals surface area contributed by atoms with Crippen molar-refractivity contribution in [2.75, 3.05) is 11.4 Å². The molecule has 3 heterocycles. The number of anilines is 1. The smallest absolute Gasteiger partial charge is 0.291 e. The van der Waals surface area contributed by atoms with E-state index in [0.717, 1.165) is 35.2 Å². The summed E-state index contributed by atoms with van der Waals surface area (Å²) in [6, 6.07) is 15.5. The summed E-state index contributed by atoms with van der Waals surface area (Å²) in [6.07, 6.45) is 1.90. The molecule has 1 amide bonds. The van der Waals surface area contributed by atoms with Crippen LogP contribution in [0, 0.1) is 6.92 Å². The first-order chi connectivity index (χ1) is 14.6. The normalized spacial score (nSPS) is 15.3. The van der Waals surface area contributed by atoms with Crippen LogP contribution in [-0.2, 0) is 4.79 Å². The Balaban J connectivity index is 1.70. The van der Waals surface area contributed by atoms with Crippen molar-refractivity contribution >= 4 is 33.5 Å². The van der Waals surface area contributed by atoms with Gasteiger partial charge in [-0.3, -0.25) is 9.59 Å². The molecule has 0 aliphatic carbocycles. The summed E-state index contributed by atoms with van der Waals surface area (Å²) in [5.74, 6) is 0.404. The molecule has 0 saturated heterocycles. The van der Waals surface area contributed by atoms with E-state index in [1.165, 1.54) is 15.9 Å². The van der Waals surface area contributed by atoms with Crippen LogP contribution in [0.15, 0.2) is 53.3 Å². The minimum Gasteiger partial charge on any atom is -0.308 e. The van der Waals surface area contributed by atoms with Gasteiger partial charge in [0.05, 0.1) is 11.3 Å². The summed E-state index contributed by atoms with van der Waals surface area (Å²) in [6.45, 7) is 4.73. The van der Waals surface area contributed by atoms with Crippen LogP contribution >= 0.6 is 11.3 Å². The zero-order chi connectivity index (χ0) is 20.8. The van der Waals surface area contributed by atoms with Crippen molar-refractivity contribution in [3.05, 3.63) is 74.5 Å². The molecule has 5 rings (SSSR count). The molecule has 1 aliphatic rings. The van der Waals surface area contributed by atoms with E-state index in [-0.39, 0.29) is 11.5 Å². The molecule has 4 aromatic rings. The molecule has 0 radical (unpaired) electrons. The van der Waals surface area contributed by atoms with Crippen LogP contribution < -0.4 is 15.0 Å². The largest absolute Gasteiger partial charge is 0.308 e. The van der Waals surface area contributed by atoms with Crippen molar-refractivity contribution in [2.45, 2.75) is 26.7 Å². The number of fused-ring (bicyclic) bond motifs is 2. The fourth-order valence-electron chi connectivity index (χ4n) is 3.86. The first-order valence-corrected chi connectivity index (χ1v) is 10.8. The van der Waals surface area contributed by atoms with E-state index in [1.807, 2.05) is 55.5 Å². The van der Waals surface area contributed by atoms with Crippen molar-refractivity contribution in [1.29, 1.82) is 0 Å². The SMILES string of the molecule is CCCCN1C(=O)/C(=c2/sc3nc(-c4ccccc4C)nn3c2=O)c2ccccc21. The lowest BCUT2D eigenvalue weighted by Gasteiger charge is -2.16. The van der Waals surface area contributed by atoms with Crippen LogP contribution in [0.3, 0.4) is 0 Å². The number of hydrogen-bond donors (Lipinski definition) is 0. The molecule has 0 N–H and O–H groups in total. The zero-order valence-electron chi connectivity index (χ0n) is 16.8. The van der Waals surface area contributed by atoms with Crippen LogP contribution in [0.25, 0.3) is 21.9 Å². The van der Waals surface area contributed by atoms with E-state index in [1.54, 1.807) is 4.90 Å². The third-order valence-electron chi connectivity index (χ3n) is 5.43. The Labute approximate surface area is 177 Å². The van der Waals surface area contributed by atoms with Crippen LogP contribution in [0.5, 0.6) is 0 Å². The van der Waals surface area contributed by atoms with Crippen LogP contribution in [0.4, 0.5) is 5.69 Å². The van der Waals surface area contributed by atoms with E-state index in [9.17, 15) is 9.59 Å². The van der Waals surface area contributed by atoms with E-state index in [4.69, 9.17) is 0 Å². The summed E-state index contributed by atoms with van der Waals surface area (Å²) in [5, 5.41) is 4.45. The maximum Gasteiger partial charge on any atom is 0.291 e. The molecule has 150 valence electrons. The number of aromatic nitrogens is 3. The Morgan fingerprint density at radius 3 is 2.47 bits per heavy atom. The van der Waals surface area contributed by atoms with Gasteiger partial charge in [0.2, 0.25) is 4.96 Å². The highest BCUT2D eigenvalue weighted by Gasteiger charge is 2.33. The molecule has 6 nitrogen and oxygen atoms in total. The zero-order valence-corrected chi connectivity index (χ0v) is 17.6.